The molecule has 0 amide bonds. The Kier molecular flexibility index (Phi) is 5.91. The smallest absolute Gasteiger partial charge is 0.0616 e. The van der Waals surface area contributed by atoms with Gasteiger partial charge in [-0.1, -0.05) is 37.8 Å². The number of hydrogen-bond donors (Lipinski definition) is 1. The van der Waals surface area contributed by atoms with E-state index in [1.807, 2.05) is 6.07 Å². The Bertz CT molecular complexity index is 410. The molecule has 0 saturated heterocycles. The van der Waals surface area contributed by atoms with Gasteiger partial charge in [0.25, 0.3) is 0 Å². The van der Waals surface area contributed by atoms with Crippen LogP contribution in [0, 0.1) is 0 Å². The zero-order valence-electron chi connectivity index (χ0n) is 12.9. The zero-order chi connectivity index (χ0) is 14.6. The number of thiophene rings is 1. The third-order valence-electron chi connectivity index (χ3n) is 4.65. The van der Waals surface area contributed by atoms with Gasteiger partial charge in [0, 0.05) is 10.4 Å². The van der Waals surface area contributed by atoms with Crippen molar-refractivity contribution in [2.75, 3.05) is 20.6 Å². The van der Waals surface area contributed by atoms with Crippen molar-refractivity contribution >= 4 is 22.9 Å². The van der Waals surface area contributed by atoms with E-state index in [1.165, 1.54) is 37.0 Å². The van der Waals surface area contributed by atoms with Crippen LogP contribution in [0.25, 0.3) is 0 Å². The van der Waals surface area contributed by atoms with Crippen LogP contribution in [0.2, 0.25) is 5.02 Å². The maximum absolute atomic E-state index is 6.45. The first kappa shape index (κ1) is 16.3. The first-order chi connectivity index (χ1) is 9.62. The number of rotatable bonds is 6. The van der Waals surface area contributed by atoms with Crippen molar-refractivity contribution < 1.29 is 0 Å². The lowest BCUT2D eigenvalue weighted by Gasteiger charge is -2.48. The van der Waals surface area contributed by atoms with Gasteiger partial charge in [-0.25, -0.2) is 0 Å². The summed E-state index contributed by atoms with van der Waals surface area (Å²) in [4.78, 5) is 3.76. The highest BCUT2D eigenvalue weighted by molar-refractivity contribution is 7.10. The molecule has 0 bridgehead atoms. The highest BCUT2D eigenvalue weighted by Gasteiger charge is 2.43. The predicted octanol–water partition coefficient (Wildman–Crippen LogP) is 4.71. The lowest BCUT2D eigenvalue weighted by atomic mass is 9.74. The molecule has 1 aliphatic carbocycles. The Morgan fingerprint density at radius 2 is 2.05 bits per heavy atom. The highest BCUT2D eigenvalue weighted by atomic mass is 35.5. The Hall–Kier alpha value is -0.0900. The SMILES string of the molecule is CCCNC(c1sccc1Cl)C1(N(C)C)CCCCC1. The van der Waals surface area contributed by atoms with Crippen LogP contribution in [0.4, 0.5) is 0 Å². The summed E-state index contributed by atoms with van der Waals surface area (Å²) in [6, 6.07) is 2.39. The Balaban J connectivity index is 2.34. The number of nitrogens with one attached hydrogen (secondary N) is 1. The molecule has 1 atom stereocenters. The molecule has 2 rings (SSSR count). The summed E-state index contributed by atoms with van der Waals surface area (Å²) < 4.78 is 0. The quantitative estimate of drug-likeness (QED) is 0.818. The fourth-order valence-corrected chi connectivity index (χ4v) is 4.84. The van der Waals surface area contributed by atoms with E-state index in [0.29, 0.717) is 6.04 Å². The molecular weight excluding hydrogens is 288 g/mol. The van der Waals surface area contributed by atoms with Crippen LogP contribution in [0.15, 0.2) is 11.4 Å². The molecule has 0 radical (unpaired) electrons. The lowest BCUT2D eigenvalue weighted by molar-refractivity contribution is 0.0578. The minimum atomic E-state index is 0.210. The maximum Gasteiger partial charge on any atom is 0.0616 e. The second-order valence-electron chi connectivity index (χ2n) is 6.08. The van der Waals surface area contributed by atoms with Gasteiger partial charge in [-0.2, -0.15) is 0 Å². The van der Waals surface area contributed by atoms with Crippen molar-refractivity contribution in [2.45, 2.75) is 57.0 Å². The average Bonchev–Trinajstić information content (AvgIpc) is 2.86. The number of halogens is 1. The number of likely N-dealkylation sites (N-methyl/N-ethyl adjacent to an activating group) is 1. The summed E-state index contributed by atoms with van der Waals surface area (Å²) in [5, 5.41) is 6.83. The molecule has 0 aromatic carbocycles. The van der Waals surface area contributed by atoms with E-state index in [1.54, 1.807) is 11.3 Å². The maximum atomic E-state index is 6.45. The predicted molar refractivity (Wildman–Crippen MR) is 89.9 cm³/mol. The molecule has 1 fully saturated rings. The summed E-state index contributed by atoms with van der Waals surface area (Å²) >= 11 is 8.25. The lowest BCUT2D eigenvalue weighted by Crippen LogP contribution is -2.54. The van der Waals surface area contributed by atoms with Crippen LogP contribution in [-0.2, 0) is 0 Å². The van der Waals surface area contributed by atoms with Gasteiger partial charge in [0.15, 0.2) is 0 Å². The molecule has 1 aromatic rings. The first-order valence-corrected chi connectivity index (χ1v) is 9.01. The normalized spacial score (nSPS) is 20.2. The van der Waals surface area contributed by atoms with Crippen LogP contribution in [0.3, 0.4) is 0 Å². The number of hydrogen-bond acceptors (Lipinski definition) is 3. The van der Waals surface area contributed by atoms with E-state index in [9.17, 15) is 0 Å². The van der Waals surface area contributed by atoms with Gasteiger partial charge in [-0.05, 0) is 51.3 Å². The van der Waals surface area contributed by atoms with E-state index in [0.717, 1.165) is 18.0 Å². The minimum absolute atomic E-state index is 0.210. The summed E-state index contributed by atoms with van der Waals surface area (Å²) in [7, 11) is 4.46. The largest absolute Gasteiger partial charge is 0.308 e. The summed E-state index contributed by atoms with van der Waals surface area (Å²) in [6.07, 6.45) is 7.69. The van der Waals surface area contributed by atoms with Gasteiger partial charge in [0.1, 0.15) is 0 Å². The molecule has 0 aliphatic heterocycles. The molecular formula is C16H27ClN2S. The fraction of sp³-hybridized carbons (Fsp3) is 0.750. The van der Waals surface area contributed by atoms with E-state index >= 15 is 0 Å². The fourth-order valence-electron chi connectivity index (χ4n) is 3.48. The topological polar surface area (TPSA) is 15.3 Å². The molecule has 1 aromatic heterocycles. The van der Waals surface area contributed by atoms with Crippen molar-refractivity contribution in [2.24, 2.45) is 0 Å². The van der Waals surface area contributed by atoms with E-state index in [2.05, 4.69) is 36.6 Å². The van der Waals surface area contributed by atoms with Gasteiger partial charge < -0.3 is 10.2 Å². The second-order valence-corrected chi connectivity index (χ2v) is 7.43. The standard InChI is InChI=1S/C16H27ClN2S/c1-4-11-18-15(14-13(17)8-12-20-14)16(19(2)3)9-6-5-7-10-16/h8,12,15,18H,4-7,9-11H2,1-3H3. The van der Waals surface area contributed by atoms with Gasteiger partial charge in [-0.15, -0.1) is 11.3 Å². The van der Waals surface area contributed by atoms with Gasteiger partial charge in [-0.3, -0.25) is 0 Å². The monoisotopic (exact) mass is 314 g/mol. The van der Waals surface area contributed by atoms with E-state index in [-0.39, 0.29) is 5.54 Å². The van der Waals surface area contributed by atoms with Crippen LogP contribution in [0.5, 0.6) is 0 Å². The van der Waals surface area contributed by atoms with Crippen LogP contribution < -0.4 is 5.32 Å². The van der Waals surface area contributed by atoms with Gasteiger partial charge in [0.2, 0.25) is 0 Å². The summed E-state index contributed by atoms with van der Waals surface area (Å²) in [6.45, 7) is 3.28. The van der Waals surface area contributed by atoms with Crippen molar-refractivity contribution in [1.29, 1.82) is 0 Å². The molecule has 4 heteroatoms. The van der Waals surface area contributed by atoms with Crippen molar-refractivity contribution in [3.8, 4) is 0 Å². The molecule has 0 spiro atoms. The van der Waals surface area contributed by atoms with Crippen molar-refractivity contribution in [3.63, 3.8) is 0 Å². The number of nitrogens with zero attached hydrogens (tertiary/aromatic N) is 1. The molecule has 1 unspecified atom stereocenters. The molecule has 114 valence electrons. The first-order valence-electron chi connectivity index (χ1n) is 7.75. The van der Waals surface area contributed by atoms with E-state index in [4.69, 9.17) is 11.6 Å². The molecule has 1 aliphatic rings. The minimum Gasteiger partial charge on any atom is -0.308 e. The second kappa shape index (κ2) is 7.26. The van der Waals surface area contributed by atoms with Gasteiger partial charge in [0.05, 0.1) is 11.1 Å². The van der Waals surface area contributed by atoms with Gasteiger partial charge >= 0.3 is 0 Å². The third kappa shape index (κ3) is 3.22. The molecule has 20 heavy (non-hydrogen) atoms. The third-order valence-corrected chi connectivity index (χ3v) is 6.08. The Morgan fingerprint density at radius 1 is 1.35 bits per heavy atom. The average molecular weight is 315 g/mol. The zero-order valence-corrected chi connectivity index (χ0v) is 14.5. The summed E-state index contributed by atoms with van der Waals surface area (Å²) in [5.74, 6) is 0. The van der Waals surface area contributed by atoms with E-state index < -0.39 is 0 Å². The van der Waals surface area contributed by atoms with Crippen molar-refractivity contribution in [3.05, 3.63) is 21.3 Å². The Morgan fingerprint density at radius 3 is 2.55 bits per heavy atom. The molecule has 1 saturated carbocycles. The highest BCUT2D eigenvalue weighted by Crippen LogP contribution is 2.45. The van der Waals surface area contributed by atoms with Crippen molar-refractivity contribution in [1.82, 2.24) is 10.2 Å². The molecule has 2 nitrogen and oxygen atoms in total. The van der Waals surface area contributed by atoms with Crippen LogP contribution in [-0.4, -0.2) is 31.1 Å². The molecule has 1 heterocycles. The summed E-state index contributed by atoms with van der Waals surface area (Å²) in [5.41, 5.74) is 0.210. The molecule has 1 N–H and O–H groups in total. The Labute approximate surface area is 132 Å². The van der Waals surface area contributed by atoms with Crippen LogP contribution in [0.1, 0.15) is 56.4 Å². The van der Waals surface area contributed by atoms with Crippen LogP contribution >= 0.6 is 22.9 Å².